The van der Waals surface area contributed by atoms with Gasteiger partial charge in [-0.3, -0.25) is 4.79 Å². The molecule has 0 spiro atoms. The monoisotopic (exact) mass is 429 g/mol. The third kappa shape index (κ3) is 4.24. The summed E-state index contributed by atoms with van der Waals surface area (Å²) in [6.07, 6.45) is 0.831. The molecule has 0 aliphatic rings. The highest BCUT2D eigenvalue weighted by Gasteiger charge is 2.21. The molecule has 0 unspecified atom stereocenters. The van der Waals surface area contributed by atoms with E-state index in [-0.39, 0.29) is 49.1 Å². The van der Waals surface area contributed by atoms with Crippen LogP contribution in [0.2, 0.25) is 25.1 Å². The van der Waals surface area contributed by atoms with Crippen LogP contribution in [-0.2, 0) is 6.61 Å². The molecule has 4 nitrogen and oxygen atoms in total. The van der Waals surface area contributed by atoms with Gasteiger partial charge in [0.05, 0.1) is 15.1 Å². The number of carbonyl (C=O) groups is 1. The number of halogens is 5. The number of amides is 1. The lowest BCUT2D eigenvalue weighted by Crippen LogP contribution is -2.23. The Bertz CT molecular complexity index is 731. The van der Waals surface area contributed by atoms with Gasteiger partial charge in [0.1, 0.15) is 22.4 Å². The standard InChI is InChI=1S/C15H12Cl5NO3/c1-2-5-21-15(22)8-4-3-7(24-8)6-23-14-12(19)10(17)9(16)11(18)13(14)20/h3-4H,2,5-6H2,1H3,(H,21,22). The van der Waals surface area contributed by atoms with Crippen LogP contribution in [0.1, 0.15) is 29.7 Å². The van der Waals surface area contributed by atoms with Crippen LogP contribution in [0.15, 0.2) is 16.5 Å². The summed E-state index contributed by atoms with van der Waals surface area (Å²) in [7, 11) is 0. The smallest absolute Gasteiger partial charge is 0.286 e. The van der Waals surface area contributed by atoms with Crippen molar-refractivity contribution < 1.29 is 13.9 Å². The first kappa shape index (κ1) is 19.5. The van der Waals surface area contributed by atoms with E-state index < -0.39 is 0 Å². The third-order valence-corrected chi connectivity index (χ3v) is 5.19. The van der Waals surface area contributed by atoms with Gasteiger partial charge in [-0.25, -0.2) is 0 Å². The molecule has 0 aliphatic heterocycles. The molecule has 130 valence electrons. The summed E-state index contributed by atoms with van der Waals surface area (Å²) < 4.78 is 10.9. The molecule has 1 aromatic heterocycles. The van der Waals surface area contributed by atoms with Crippen LogP contribution in [-0.4, -0.2) is 12.5 Å². The van der Waals surface area contributed by atoms with Gasteiger partial charge in [0, 0.05) is 6.54 Å². The molecule has 1 heterocycles. The summed E-state index contributed by atoms with van der Waals surface area (Å²) in [5, 5.41) is 2.94. The Kier molecular flexibility index (Phi) is 6.96. The zero-order valence-corrected chi connectivity index (χ0v) is 16.2. The van der Waals surface area contributed by atoms with E-state index in [1.54, 1.807) is 12.1 Å². The third-order valence-electron chi connectivity index (χ3n) is 2.95. The zero-order valence-electron chi connectivity index (χ0n) is 12.4. The number of ether oxygens (including phenoxy) is 1. The lowest BCUT2D eigenvalue weighted by molar-refractivity contribution is 0.0922. The number of benzene rings is 1. The second-order valence-corrected chi connectivity index (χ2v) is 6.60. The molecular formula is C15H12Cl5NO3. The topological polar surface area (TPSA) is 51.5 Å². The lowest BCUT2D eigenvalue weighted by atomic mass is 10.3. The first-order chi connectivity index (χ1) is 11.4. The van der Waals surface area contributed by atoms with Gasteiger partial charge < -0.3 is 14.5 Å². The van der Waals surface area contributed by atoms with Gasteiger partial charge >= 0.3 is 0 Å². The van der Waals surface area contributed by atoms with E-state index in [0.29, 0.717) is 12.3 Å². The number of furan rings is 1. The maximum atomic E-state index is 11.8. The van der Waals surface area contributed by atoms with Crippen molar-refractivity contribution in [2.45, 2.75) is 20.0 Å². The van der Waals surface area contributed by atoms with Crippen LogP contribution in [0.5, 0.6) is 5.75 Å². The summed E-state index contributed by atoms with van der Waals surface area (Å²) in [5.41, 5.74) is 0. The van der Waals surface area contributed by atoms with Crippen molar-refractivity contribution in [1.82, 2.24) is 5.32 Å². The molecule has 0 saturated heterocycles. The fourth-order valence-electron chi connectivity index (χ4n) is 1.76. The molecule has 1 amide bonds. The molecule has 0 atom stereocenters. The number of hydrogen-bond acceptors (Lipinski definition) is 3. The highest BCUT2D eigenvalue weighted by atomic mass is 35.5. The summed E-state index contributed by atoms with van der Waals surface area (Å²) >= 11 is 30.0. The molecule has 0 fully saturated rings. The van der Waals surface area contributed by atoms with E-state index in [9.17, 15) is 4.79 Å². The fourth-order valence-corrected chi connectivity index (χ4v) is 2.99. The van der Waals surface area contributed by atoms with Crippen LogP contribution in [0.4, 0.5) is 0 Å². The molecule has 24 heavy (non-hydrogen) atoms. The molecule has 0 bridgehead atoms. The first-order valence-electron chi connectivity index (χ1n) is 6.87. The molecule has 1 N–H and O–H groups in total. The minimum Gasteiger partial charge on any atom is -0.482 e. The minimum atomic E-state index is -0.295. The molecule has 0 radical (unpaired) electrons. The van der Waals surface area contributed by atoms with Gasteiger partial charge in [-0.05, 0) is 18.6 Å². The van der Waals surface area contributed by atoms with Gasteiger partial charge in [0.2, 0.25) is 0 Å². The van der Waals surface area contributed by atoms with Crippen molar-refractivity contribution in [2.75, 3.05) is 6.54 Å². The van der Waals surface area contributed by atoms with Gasteiger partial charge in [-0.1, -0.05) is 64.9 Å². The normalized spacial score (nSPS) is 10.8. The van der Waals surface area contributed by atoms with Crippen molar-refractivity contribution in [3.63, 3.8) is 0 Å². The summed E-state index contributed by atoms with van der Waals surface area (Å²) in [5.74, 6) is 0.389. The van der Waals surface area contributed by atoms with Crippen molar-refractivity contribution in [2.24, 2.45) is 0 Å². The number of hydrogen-bond donors (Lipinski definition) is 1. The predicted molar refractivity (Wildman–Crippen MR) is 97.2 cm³/mol. The van der Waals surface area contributed by atoms with Crippen molar-refractivity contribution in [3.8, 4) is 5.75 Å². The summed E-state index contributed by atoms with van der Waals surface area (Å²) in [6.45, 7) is 2.50. The van der Waals surface area contributed by atoms with Crippen molar-refractivity contribution >= 4 is 63.9 Å². The van der Waals surface area contributed by atoms with Gasteiger partial charge in [-0.2, -0.15) is 0 Å². The van der Waals surface area contributed by atoms with E-state index in [0.717, 1.165) is 6.42 Å². The van der Waals surface area contributed by atoms with E-state index in [2.05, 4.69) is 5.32 Å². The van der Waals surface area contributed by atoms with Gasteiger partial charge in [0.25, 0.3) is 5.91 Å². The van der Waals surface area contributed by atoms with E-state index in [4.69, 9.17) is 67.2 Å². The second-order valence-electron chi connectivity index (χ2n) is 4.71. The average Bonchev–Trinajstić information content (AvgIpc) is 3.05. The van der Waals surface area contributed by atoms with E-state index in [1.165, 1.54) is 0 Å². The number of carbonyl (C=O) groups excluding carboxylic acids is 1. The van der Waals surface area contributed by atoms with Crippen molar-refractivity contribution in [1.29, 1.82) is 0 Å². The number of nitrogens with one attached hydrogen (secondary N) is 1. The molecule has 0 saturated carbocycles. The molecule has 9 heteroatoms. The molecular weight excluding hydrogens is 419 g/mol. The Morgan fingerprint density at radius 1 is 1.04 bits per heavy atom. The van der Waals surface area contributed by atoms with Crippen LogP contribution in [0, 0.1) is 0 Å². The second kappa shape index (κ2) is 8.54. The molecule has 1 aromatic carbocycles. The maximum Gasteiger partial charge on any atom is 0.286 e. The Morgan fingerprint density at radius 3 is 2.21 bits per heavy atom. The van der Waals surface area contributed by atoms with Gasteiger partial charge in [-0.15, -0.1) is 0 Å². The van der Waals surface area contributed by atoms with Crippen LogP contribution in [0.25, 0.3) is 0 Å². The van der Waals surface area contributed by atoms with Crippen LogP contribution < -0.4 is 10.1 Å². The number of rotatable bonds is 6. The SMILES string of the molecule is CCCNC(=O)c1ccc(COc2c(Cl)c(Cl)c(Cl)c(Cl)c2Cl)o1. The minimum absolute atomic E-state index is 0.0191. The molecule has 2 rings (SSSR count). The zero-order chi connectivity index (χ0) is 17.9. The Balaban J connectivity index is 2.12. The Morgan fingerprint density at radius 2 is 1.62 bits per heavy atom. The lowest BCUT2D eigenvalue weighted by Gasteiger charge is -2.12. The van der Waals surface area contributed by atoms with Crippen LogP contribution in [0.3, 0.4) is 0 Å². The fraction of sp³-hybridized carbons (Fsp3) is 0.267. The quantitative estimate of drug-likeness (QED) is 0.433. The maximum absolute atomic E-state index is 11.8. The highest BCUT2D eigenvalue weighted by Crippen LogP contribution is 2.48. The Labute approximate surface area is 163 Å². The van der Waals surface area contributed by atoms with Crippen LogP contribution >= 0.6 is 58.0 Å². The summed E-state index contributed by atoms with van der Waals surface area (Å²) in [6, 6.07) is 3.16. The molecule has 0 aliphatic carbocycles. The molecule has 2 aromatic rings. The summed E-state index contributed by atoms with van der Waals surface area (Å²) in [4.78, 5) is 11.8. The Hall–Kier alpha value is -0.780. The van der Waals surface area contributed by atoms with Crippen molar-refractivity contribution in [3.05, 3.63) is 48.8 Å². The largest absolute Gasteiger partial charge is 0.482 e. The van der Waals surface area contributed by atoms with E-state index >= 15 is 0 Å². The first-order valence-corrected chi connectivity index (χ1v) is 8.76. The highest BCUT2D eigenvalue weighted by molar-refractivity contribution is 6.55. The van der Waals surface area contributed by atoms with Gasteiger partial charge in [0.15, 0.2) is 11.5 Å². The predicted octanol–water partition coefficient (Wildman–Crippen LogP) is 6.27. The average molecular weight is 432 g/mol. The van der Waals surface area contributed by atoms with E-state index in [1.807, 2.05) is 6.92 Å².